The molecule has 1 rings (SSSR count). The van der Waals surface area contributed by atoms with Crippen molar-refractivity contribution < 1.29 is 9.90 Å². The Hall–Kier alpha value is -0.570. The van der Waals surface area contributed by atoms with Crippen LogP contribution in [0.5, 0.6) is 0 Å². The molecule has 0 unspecified atom stereocenters. The van der Waals surface area contributed by atoms with Crippen molar-refractivity contribution in [2.24, 2.45) is 10.8 Å². The van der Waals surface area contributed by atoms with E-state index in [1.54, 1.807) is 0 Å². The van der Waals surface area contributed by atoms with Gasteiger partial charge in [0.1, 0.15) is 0 Å². The molecule has 1 saturated carbocycles. The lowest BCUT2D eigenvalue weighted by Crippen LogP contribution is -2.46. The van der Waals surface area contributed by atoms with Crippen LogP contribution >= 0.6 is 0 Å². The van der Waals surface area contributed by atoms with Crippen LogP contribution in [0.3, 0.4) is 0 Å². The predicted molar refractivity (Wildman–Crippen MR) is 74.7 cm³/mol. The summed E-state index contributed by atoms with van der Waals surface area (Å²) in [6, 6.07) is 0.535. The average Bonchev–Trinajstić information content (AvgIpc) is 2.12. The molecule has 0 bridgehead atoms. The fourth-order valence-electron chi connectivity index (χ4n) is 3.88. The highest BCUT2D eigenvalue weighted by molar-refractivity contribution is 5.66. The smallest absolute Gasteiger partial charge is 0.304 e. The summed E-state index contributed by atoms with van der Waals surface area (Å²) in [5, 5.41) is 8.83. The predicted octanol–water partition coefficient (Wildman–Crippen LogP) is 3.39. The fraction of sp³-hybridized carbons (Fsp3) is 0.933. The second-order valence-corrected chi connectivity index (χ2v) is 7.34. The van der Waals surface area contributed by atoms with E-state index in [0.717, 1.165) is 6.54 Å². The number of nitrogens with zero attached hydrogens (tertiary/aromatic N) is 1. The maximum Gasteiger partial charge on any atom is 0.304 e. The summed E-state index contributed by atoms with van der Waals surface area (Å²) in [6.07, 6.45) is 3.88. The molecule has 0 saturated heterocycles. The SMILES string of the molecule is CCN(CCC(=O)O)C1CC(C)(C)CC(C)(C)C1. The Labute approximate surface area is 112 Å². The maximum absolute atomic E-state index is 10.7. The molecule has 0 heterocycles. The molecule has 0 atom stereocenters. The quantitative estimate of drug-likeness (QED) is 0.818. The van der Waals surface area contributed by atoms with Crippen molar-refractivity contribution in [2.75, 3.05) is 13.1 Å². The number of hydrogen-bond donors (Lipinski definition) is 1. The average molecular weight is 255 g/mol. The van der Waals surface area contributed by atoms with E-state index < -0.39 is 5.97 Å². The topological polar surface area (TPSA) is 40.5 Å². The molecule has 0 aromatic carbocycles. The van der Waals surface area contributed by atoms with E-state index in [1.807, 2.05) is 0 Å². The summed E-state index contributed by atoms with van der Waals surface area (Å²) in [6.45, 7) is 13.1. The number of aliphatic carboxylic acids is 1. The van der Waals surface area contributed by atoms with Gasteiger partial charge in [-0.3, -0.25) is 4.79 Å². The Morgan fingerprint density at radius 2 is 1.72 bits per heavy atom. The first kappa shape index (κ1) is 15.5. The van der Waals surface area contributed by atoms with Crippen LogP contribution in [0.15, 0.2) is 0 Å². The first-order chi connectivity index (χ1) is 8.15. The van der Waals surface area contributed by atoms with E-state index in [-0.39, 0.29) is 6.42 Å². The molecule has 1 aliphatic rings. The maximum atomic E-state index is 10.7. The van der Waals surface area contributed by atoms with Crippen molar-refractivity contribution in [1.29, 1.82) is 0 Å². The molecular weight excluding hydrogens is 226 g/mol. The van der Waals surface area contributed by atoms with Gasteiger partial charge < -0.3 is 10.0 Å². The van der Waals surface area contributed by atoms with Crippen molar-refractivity contribution in [3.63, 3.8) is 0 Å². The van der Waals surface area contributed by atoms with Crippen LogP contribution in [0.1, 0.15) is 60.3 Å². The minimum atomic E-state index is -0.692. The fourth-order valence-corrected chi connectivity index (χ4v) is 3.88. The number of carboxylic acid groups (broad SMARTS) is 1. The van der Waals surface area contributed by atoms with Gasteiger partial charge >= 0.3 is 5.97 Å². The Morgan fingerprint density at radius 3 is 2.11 bits per heavy atom. The third kappa shape index (κ3) is 4.60. The summed E-state index contributed by atoms with van der Waals surface area (Å²) < 4.78 is 0. The molecule has 18 heavy (non-hydrogen) atoms. The van der Waals surface area contributed by atoms with E-state index in [1.165, 1.54) is 19.3 Å². The number of hydrogen-bond acceptors (Lipinski definition) is 2. The van der Waals surface area contributed by atoms with Crippen LogP contribution in [0, 0.1) is 10.8 Å². The highest BCUT2D eigenvalue weighted by Crippen LogP contribution is 2.47. The van der Waals surface area contributed by atoms with Gasteiger partial charge in [0.05, 0.1) is 6.42 Å². The normalized spacial score (nSPS) is 23.2. The first-order valence-corrected chi connectivity index (χ1v) is 7.11. The second kappa shape index (κ2) is 5.60. The van der Waals surface area contributed by atoms with Crippen LogP contribution in [0.25, 0.3) is 0 Å². The number of carboxylic acids is 1. The highest BCUT2D eigenvalue weighted by atomic mass is 16.4. The van der Waals surface area contributed by atoms with E-state index in [9.17, 15) is 4.79 Å². The van der Waals surface area contributed by atoms with Crippen LogP contribution < -0.4 is 0 Å². The van der Waals surface area contributed by atoms with E-state index in [2.05, 4.69) is 39.5 Å². The number of rotatable bonds is 5. The summed E-state index contributed by atoms with van der Waals surface area (Å²) in [5.74, 6) is -0.692. The molecule has 0 radical (unpaired) electrons. The Morgan fingerprint density at radius 1 is 1.22 bits per heavy atom. The van der Waals surface area contributed by atoms with E-state index in [4.69, 9.17) is 5.11 Å². The van der Waals surface area contributed by atoms with Crippen molar-refractivity contribution in [1.82, 2.24) is 4.90 Å². The minimum Gasteiger partial charge on any atom is -0.481 e. The first-order valence-electron chi connectivity index (χ1n) is 7.11. The van der Waals surface area contributed by atoms with Crippen molar-refractivity contribution in [2.45, 2.75) is 66.3 Å². The van der Waals surface area contributed by atoms with Crippen molar-refractivity contribution >= 4 is 5.97 Å². The van der Waals surface area contributed by atoms with Gasteiger partial charge in [0.25, 0.3) is 0 Å². The van der Waals surface area contributed by atoms with Gasteiger partial charge in [0.2, 0.25) is 0 Å². The van der Waals surface area contributed by atoms with Crippen LogP contribution in [0.2, 0.25) is 0 Å². The van der Waals surface area contributed by atoms with Gasteiger partial charge in [-0.05, 0) is 36.6 Å². The second-order valence-electron chi connectivity index (χ2n) is 7.34. The van der Waals surface area contributed by atoms with E-state index in [0.29, 0.717) is 23.4 Å². The van der Waals surface area contributed by atoms with Gasteiger partial charge in [-0.15, -0.1) is 0 Å². The van der Waals surface area contributed by atoms with Crippen molar-refractivity contribution in [3.05, 3.63) is 0 Å². The Bertz CT molecular complexity index is 281. The Balaban J connectivity index is 2.69. The van der Waals surface area contributed by atoms with Gasteiger partial charge in [-0.1, -0.05) is 34.6 Å². The molecule has 1 N–H and O–H groups in total. The zero-order chi connectivity index (χ0) is 14.0. The standard InChI is InChI=1S/C15H29NO2/c1-6-16(8-7-13(17)18)12-9-14(2,3)11-15(4,5)10-12/h12H,6-11H2,1-5H3,(H,17,18). The molecule has 1 fully saturated rings. The monoisotopic (exact) mass is 255 g/mol. The lowest BCUT2D eigenvalue weighted by Gasteiger charge is -2.48. The lowest BCUT2D eigenvalue weighted by molar-refractivity contribution is -0.137. The van der Waals surface area contributed by atoms with Gasteiger partial charge in [-0.25, -0.2) is 0 Å². The zero-order valence-corrected chi connectivity index (χ0v) is 12.6. The van der Waals surface area contributed by atoms with Crippen molar-refractivity contribution in [3.8, 4) is 0 Å². The van der Waals surface area contributed by atoms with Crippen LogP contribution in [0.4, 0.5) is 0 Å². The molecule has 0 aliphatic heterocycles. The van der Waals surface area contributed by atoms with Gasteiger partial charge in [-0.2, -0.15) is 0 Å². The third-order valence-electron chi connectivity index (χ3n) is 4.07. The van der Waals surface area contributed by atoms with Gasteiger partial charge in [0.15, 0.2) is 0 Å². The summed E-state index contributed by atoms with van der Waals surface area (Å²) in [4.78, 5) is 13.1. The molecule has 3 nitrogen and oxygen atoms in total. The number of carbonyl (C=O) groups is 1. The molecular formula is C15H29NO2. The summed E-state index contributed by atoms with van der Waals surface area (Å²) in [5.41, 5.74) is 0.728. The highest BCUT2D eigenvalue weighted by Gasteiger charge is 2.40. The van der Waals surface area contributed by atoms with Crippen LogP contribution in [-0.2, 0) is 4.79 Å². The third-order valence-corrected chi connectivity index (χ3v) is 4.07. The summed E-state index contributed by atoms with van der Waals surface area (Å²) in [7, 11) is 0. The molecule has 0 aromatic heterocycles. The van der Waals surface area contributed by atoms with E-state index >= 15 is 0 Å². The summed E-state index contributed by atoms with van der Waals surface area (Å²) >= 11 is 0. The largest absolute Gasteiger partial charge is 0.481 e. The molecule has 0 spiro atoms. The van der Waals surface area contributed by atoms with Gasteiger partial charge in [0, 0.05) is 12.6 Å². The lowest BCUT2D eigenvalue weighted by atomic mass is 9.63. The minimum absolute atomic E-state index is 0.255. The molecule has 0 amide bonds. The molecule has 1 aliphatic carbocycles. The Kier molecular flexibility index (Phi) is 4.82. The van der Waals surface area contributed by atoms with Crippen LogP contribution in [-0.4, -0.2) is 35.1 Å². The molecule has 0 aromatic rings. The molecule has 106 valence electrons. The zero-order valence-electron chi connectivity index (χ0n) is 12.6. The molecule has 3 heteroatoms.